The molecule has 40 valence electrons. The van der Waals surface area contributed by atoms with Crippen molar-refractivity contribution in [3.8, 4) is 0 Å². The van der Waals surface area contributed by atoms with E-state index in [1.807, 2.05) is 0 Å². The summed E-state index contributed by atoms with van der Waals surface area (Å²) in [5, 5.41) is 0. The lowest BCUT2D eigenvalue weighted by Crippen LogP contribution is -2.57. The van der Waals surface area contributed by atoms with E-state index in [9.17, 15) is 0 Å². The number of hydrogen-bond acceptors (Lipinski definition) is 1. The third kappa shape index (κ3) is 0.359. The maximum atomic E-state index is 2.49. The topological polar surface area (TPSA) is 3.24 Å². The number of likely N-dealkylation sites (N-methyl/N-ethyl adjacent to an activating group) is 1. The standard InChI is InChI=1S/C5H11N2/c1-7-3-2-6(4-7)5-7/h2-5H2,1H3/q+1. The van der Waals surface area contributed by atoms with Crippen LogP contribution in [0.2, 0.25) is 0 Å². The number of hydrogen-bond donors (Lipinski definition) is 0. The van der Waals surface area contributed by atoms with Gasteiger partial charge in [-0.2, -0.15) is 0 Å². The molecule has 0 aromatic heterocycles. The zero-order valence-electron chi connectivity index (χ0n) is 4.72. The van der Waals surface area contributed by atoms with Gasteiger partial charge in [0.05, 0.1) is 20.1 Å². The van der Waals surface area contributed by atoms with Crippen LogP contribution in [0, 0.1) is 0 Å². The van der Waals surface area contributed by atoms with E-state index in [1.54, 1.807) is 0 Å². The van der Waals surface area contributed by atoms with Gasteiger partial charge in [0.25, 0.3) is 0 Å². The van der Waals surface area contributed by atoms with Crippen molar-refractivity contribution in [2.75, 3.05) is 33.5 Å². The van der Waals surface area contributed by atoms with Gasteiger partial charge < -0.3 is 0 Å². The highest BCUT2D eigenvalue weighted by molar-refractivity contribution is 4.65. The molecule has 0 aliphatic carbocycles. The van der Waals surface area contributed by atoms with E-state index in [-0.39, 0.29) is 0 Å². The highest BCUT2D eigenvalue weighted by Crippen LogP contribution is 2.24. The van der Waals surface area contributed by atoms with E-state index in [0.717, 1.165) is 0 Å². The summed E-state index contributed by atoms with van der Waals surface area (Å²) in [6, 6.07) is 0. The van der Waals surface area contributed by atoms with Crippen molar-refractivity contribution < 1.29 is 4.48 Å². The normalized spacial score (nSPS) is 57.0. The van der Waals surface area contributed by atoms with Gasteiger partial charge in [0.15, 0.2) is 0 Å². The number of rotatable bonds is 0. The minimum atomic E-state index is 1.32. The lowest BCUT2D eigenvalue weighted by molar-refractivity contribution is -0.949. The van der Waals surface area contributed by atoms with Crippen molar-refractivity contribution in [1.29, 1.82) is 0 Å². The summed E-state index contributed by atoms with van der Waals surface area (Å²) >= 11 is 0. The van der Waals surface area contributed by atoms with Gasteiger partial charge in [-0.25, -0.2) is 4.90 Å². The minimum absolute atomic E-state index is 1.32. The summed E-state index contributed by atoms with van der Waals surface area (Å²) in [5.74, 6) is 0. The van der Waals surface area contributed by atoms with E-state index in [4.69, 9.17) is 0 Å². The molecule has 0 amide bonds. The van der Waals surface area contributed by atoms with Crippen molar-refractivity contribution in [1.82, 2.24) is 4.90 Å². The first-order valence-electron chi connectivity index (χ1n) is 2.84. The molecule has 2 heteroatoms. The molecule has 3 saturated heterocycles. The Kier molecular flexibility index (Phi) is 0.474. The Morgan fingerprint density at radius 3 is 2.29 bits per heavy atom. The Balaban J connectivity index is 2.20. The Morgan fingerprint density at radius 2 is 2.14 bits per heavy atom. The number of quaternary nitrogens is 1. The molecule has 0 radical (unpaired) electrons. The summed E-state index contributed by atoms with van der Waals surface area (Å²) in [6.07, 6.45) is 0. The van der Waals surface area contributed by atoms with E-state index in [2.05, 4.69) is 11.9 Å². The maximum absolute atomic E-state index is 2.49. The van der Waals surface area contributed by atoms with Crippen LogP contribution in [0.25, 0.3) is 0 Å². The zero-order valence-corrected chi connectivity index (χ0v) is 4.72. The summed E-state index contributed by atoms with van der Waals surface area (Å²) in [4.78, 5) is 2.49. The molecule has 3 fully saturated rings. The van der Waals surface area contributed by atoms with Crippen LogP contribution in [0.4, 0.5) is 0 Å². The van der Waals surface area contributed by atoms with Gasteiger partial charge in [0.1, 0.15) is 13.3 Å². The fourth-order valence-electron chi connectivity index (χ4n) is 1.59. The second-order valence-corrected chi connectivity index (χ2v) is 3.02. The van der Waals surface area contributed by atoms with Crippen LogP contribution in [-0.4, -0.2) is 42.9 Å². The number of fused-ring (bicyclic) bond motifs is 1. The average Bonchev–Trinajstić information content (AvgIpc) is 1.88. The molecule has 0 spiro atoms. The molecule has 0 aromatic carbocycles. The van der Waals surface area contributed by atoms with Crippen LogP contribution < -0.4 is 0 Å². The second-order valence-electron chi connectivity index (χ2n) is 3.02. The fourth-order valence-corrected chi connectivity index (χ4v) is 1.59. The summed E-state index contributed by atoms with van der Waals surface area (Å²) in [6.45, 7) is 5.37. The molecule has 3 aliphatic rings. The molecular formula is C5H11N2+. The molecule has 0 saturated carbocycles. The Morgan fingerprint density at radius 1 is 1.43 bits per heavy atom. The van der Waals surface area contributed by atoms with Gasteiger partial charge in [-0.05, 0) is 0 Å². The van der Waals surface area contributed by atoms with Crippen LogP contribution in [0.5, 0.6) is 0 Å². The predicted octanol–water partition coefficient (Wildman–Crippen LogP) is -0.323. The van der Waals surface area contributed by atoms with Gasteiger partial charge in [0.2, 0.25) is 0 Å². The molecule has 2 bridgehead atoms. The molecule has 0 atom stereocenters. The molecule has 3 aliphatic heterocycles. The van der Waals surface area contributed by atoms with E-state index in [1.165, 1.54) is 30.9 Å². The monoisotopic (exact) mass is 99.1 g/mol. The quantitative estimate of drug-likeness (QED) is 0.376. The summed E-state index contributed by atoms with van der Waals surface area (Å²) < 4.78 is 1.32. The van der Waals surface area contributed by atoms with Gasteiger partial charge >= 0.3 is 0 Å². The molecule has 3 heterocycles. The van der Waals surface area contributed by atoms with E-state index >= 15 is 0 Å². The highest BCUT2D eigenvalue weighted by atomic mass is 15.6. The van der Waals surface area contributed by atoms with Crippen LogP contribution >= 0.6 is 0 Å². The van der Waals surface area contributed by atoms with Crippen molar-refractivity contribution in [2.45, 2.75) is 0 Å². The van der Waals surface area contributed by atoms with Crippen molar-refractivity contribution in [3.05, 3.63) is 0 Å². The van der Waals surface area contributed by atoms with E-state index in [0.29, 0.717) is 0 Å². The third-order valence-electron chi connectivity index (χ3n) is 2.04. The predicted molar refractivity (Wildman–Crippen MR) is 27.5 cm³/mol. The first-order valence-corrected chi connectivity index (χ1v) is 2.84. The third-order valence-corrected chi connectivity index (χ3v) is 2.04. The molecule has 0 N–H and O–H groups in total. The Bertz CT molecular complexity index is 88.7. The van der Waals surface area contributed by atoms with Crippen molar-refractivity contribution in [2.24, 2.45) is 0 Å². The molecule has 2 nitrogen and oxygen atoms in total. The first-order chi connectivity index (χ1) is 3.29. The smallest absolute Gasteiger partial charge is 0.140 e. The van der Waals surface area contributed by atoms with Gasteiger partial charge in [-0.1, -0.05) is 0 Å². The van der Waals surface area contributed by atoms with Crippen LogP contribution in [-0.2, 0) is 0 Å². The van der Waals surface area contributed by atoms with E-state index < -0.39 is 0 Å². The first kappa shape index (κ1) is 3.87. The Labute approximate surface area is 43.9 Å². The average molecular weight is 99.2 g/mol. The highest BCUT2D eigenvalue weighted by Gasteiger charge is 2.45. The second kappa shape index (κ2) is 0.858. The van der Waals surface area contributed by atoms with Gasteiger partial charge in [0, 0.05) is 0 Å². The van der Waals surface area contributed by atoms with Gasteiger partial charge in [-0.15, -0.1) is 0 Å². The summed E-state index contributed by atoms with van der Waals surface area (Å²) in [5.41, 5.74) is 0. The lowest BCUT2D eigenvalue weighted by atomic mass is 10.5. The molecule has 0 aromatic rings. The summed E-state index contributed by atoms with van der Waals surface area (Å²) in [7, 11) is 2.32. The van der Waals surface area contributed by atoms with Crippen LogP contribution in [0.15, 0.2) is 0 Å². The van der Waals surface area contributed by atoms with Crippen LogP contribution in [0.3, 0.4) is 0 Å². The van der Waals surface area contributed by atoms with Crippen LogP contribution in [0.1, 0.15) is 0 Å². The largest absolute Gasteiger partial charge is 0.300 e. The minimum Gasteiger partial charge on any atom is -0.300 e. The zero-order chi connectivity index (χ0) is 4.91. The molecule has 0 unspecified atom stereocenters. The Hall–Kier alpha value is -0.0800. The van der Waals surface area contributed by atoms with Crippen molar-refractivity contribution >= 4 is 0 Å². The van der Waals surface area contributed by atoms with Crippen molar-refractivity contribution in [3.63, 3.8) is 0 Å². The van der Waals surface area contributed by atoms with Gasteiger partial charge in [-0.3, -0.25) is 4.48 Å². The molecular weight excluding hydrogens is 88.1 g/mol. The lowest BCUT2D eigenvalue weighted by Gasteiger charge is -2.38. The molecule has 7 heavy (non-hydrogen) atoms. The SMILES string of the molecule is C[N+]12CCN(C1)C2. The fraction of sp³-hybridized carbons (Fsp3) is 1.00. The number of nitrogens with zero attached hydrogens (tertiary/aromatic N) is 2. The maximum Gasteiger partial charge on any atom is 0.140 e. The molecule has 3 rings (SSSR count).